The number of hydrogen-bond acceptors (Lipinski definition) is 3. The number of ether oxygens (including phenoxy) is 1. The molecule has 0 saturated heterocycles. The van der Waals surface area contributed by atoms with E-state index >= 15 is 0 Å². The van der Waals surface area contributed by atoms with Gasteiger partial charge in [-0.15, -0.1) is 0 Å². The van der Waals surface area contributed by atoms with Crippen LogP contribution in [0.1, 0.15) is 23.3 Å². The van der Waals surface area contributed by atoms with Crippen molar-refractivity contribution in [2.45, 2.75) is 12.8 Å². The number of carboxylic acid groups (broad SMARTS) is 1. The molecule has 1 aliphatic rings. The van der Waals surface area contributed by atoms with E-state index in [0.717, 1.165) is 5.56 Å². The summed E-state index contributed by atoms with van der Waals surface area (Å²) in [4.78, 5) is 11.0. The van der Waals surface area contributed by atoms with Crippen LogP contribution >= 0.6 is 11.6 Å². The van der Waals surface area contributed by atoms with Crippen LogP contribution in [0.2, 0.25) is 5.02 Å². The maximum atomic E-state index is 11.0. The van der Waals surface area contributed by atoms with E-state index < -0.39 is 5.97 Å². The molecule has 110 valence electrons. The Morgan fingerprint density at radius 2 is 2.19 bits per heavy atom. The van der Waals surface area contributed by atoms with Gasteiger partial charge in [-0.3, -0.25) is 4.68 Å². The second kappa shape index (κ2) is 5.41. The molecule has 6 heteroatoms. The lowest BCUT2D eigenvalue weighted by molar-refractivity contribution is 0.0689. The van der Waals surface area contributed by atoms with Gasteiger partial charge in [0.15, 0.2) is 5.69 Å². The zero-order chi connectivity index (χ0) is 15.0. The van der Waals surface area contributed by atoms with E-state index in [1.54, 1.807) is 19.2 Å². The fourth-order valence-corrected chi connectivity index (χ4v) is 2.36. The van der Waals surface area contributed by atoms with E-state index in [4.69, 9.17) is 21.4 Å². The first-order chi connectivity index (χ1) is 10.0. The number of carboxylic acids is 1. The maximum Gasteiger partial charge on any atom is 0.356 e. The quantitative estimate of drug-likeness (QED) is 0.921. The third-order valence-electron chi connectivity index (χ3n) is 3.45. The molecule has 0 bridgehead atoms. The second-order valence-electron chi connectivity index (χ2n) is 5.27. The van der Waals surface area contributed by atoms with Crippen molar-refractivity contribution in [1.29, 1.82) is 0 Å². The predicted molar refractivity (Wildman–Crippen MR) is 78.8 cm³/mol. The SMILES string of the molecule is Cn1nc(C(=O)O)cc1-c1cc(Cl)cc(OCC2CC2)c1. The first-order valence-corrected chi connectivity index (χ1v) is 7.12. The molecular weight excluding hydrogens is 292 g/mol. The van der Waals surface area contributed by atoms with Crippen LogP contribution in [0.3, 0.4) is 0 Å². The van der Waals surface area contributed by atoms with Gasteiger partial charge >= 0.3 is 5.97 Å². The van der Waals surface area contributed by atoms with Crippen LogP contribution in [0.25, 0.3) is 11.3 Å². The van der Waals surface area contributed by atoms with Crippen molar-refractivity contribution < 1.29 is 14.6 Å². The van der Waals surface area contributed by atoms with Crippen LogP contribution in [-0.4, -0.2) is 27.5 Å². The normalized spacial score (nSPS) is 14.2. The average Bonchev–Trinajstić information content (AvgIpc) is 3.17. The first-order valence-electron chi connectivity index (χ1n) is 6.74. The molecule has 0 aliphatic heterocycles. The van der Waals surface area contributed by atoms with E-state index in [0.29, 0.717) is 29.0 Å². The van der Waals surface area contributed by atoms with E-state index in [2.05, 4.69) is 5.10 Å². The minimum Gasteiger partial charge on any atom is -0.493 e. The molecule has 2 aromatic rings. The van der Waals surface area contributed by atoms with Gasteiger partial charge in [0.05, 0.1) is 12.3 Å². The number of aromatic nitrogens is 2. The van der Waals surface area contributed by atoms with Crippen molar-refractivity contribution in [1.82, 2.24) is 9.78 Å². The highest BCUT2D eigenvalue weighted by Gasteiger charge is 2.22. The van der Waals surface area contributed by atoms with Gasteiger partial charge in [-0.2, -0.15) is 5.10 Å². The summed E-state index contributed by atoms with van der Waals surface area (Å²) in [6, 6.07) is 6.92. The number of carbonyl (C=O) groups is 1. The van der Waals surface area contributed by atoms with Gasteiger partial charge in [-0.05, 0) is 43.0 Å². The average molecular weight is 307 g/mol. The number of halogens is 1. The first kappa shape index (κ1) is 13.9. The number of aromatic carboxylic acids is 1. The molecule has 5 nitrogen and oxygen atoms in total. The summed E-state index contributed by atoms with van der Waals surface area (Å²) < 4.78 is 7.26. The maximum absolute atomic E-state index is 11.0. The zero-order valence-corrected chi connectivity index (χ0v) is 12.3. The predicted octanol–water partition coefficient (Wildman–Crippen LogP) is 3.23. The molecule has 0 radical (unpaired) electrons. The van der Waals surface area contributed by atoms with Gasteiger partial charge < -0.3 is 9.84 Å². The highest BCUT2D eigenvalue weighted by molar-refractivity contribution is 6.31. The van der Waals surface area contributed by atoms with Crippen molar-refractivity contribution in [3.05, 3.63) is 35.0 Å². The van der Waals surface area contributed by atoms with Crippen LogP contribution in [0.4, 0.5) is 0 Å². The van der Waals surface area contributed by atoms with Crippen LogP contribution in [-0.2, 0) is 7.05 Å². The van der Waals surface area contributed by atoms with Gasteiger partial charge in [-0.1, -0.05) is 11.6 Å². The van der Waals surface area contributed by atoms with Crippen molar-refractivity contribution in [2.75, 3.05) is 6.61 Å². The molecule has 1 aliphatic carbocycles. The lowest BCUT2D eigenvalue weighted by atomic mass is 10.1. The molecule has 0 amide bonds. The number of rotatable bonds is 5. The molecule has 1 fully saturated rings. The summed E-state index contributed by atoms with van der Waals surface area (Å²) >= 11 is 6.13. The Balaban J connectivity index is 1.91. The third kappa shape index (κ3) is 3.19. The Morgan fingerprint density at radius 1 is 1.43 bits per heavy atom. The van der Waals surface area contributed by atoms with Gasteiger partial charge in [0.25, 0.3) is 0 Å². The summed E-state index contributed by atoms with van der Waals surface area (Å²) in [5.41, 5.74) is 1.48. The number of aryl methyl sites for hydroxylation is 1. The largest absolute Gasteiger partial charge is 0.493 e. The van der Waals surface area contributed by atoms with Crippen LogP contribution in [0.5, 0.6) is 5.75 Å². The summed E-state index contributed by atoms with van der Waals surface area (Å²) in [6.45, 7) is 0.700. The van der Waals surface area contributed by atoms with Crippen molar-refractivity contribution in [3.8, 4) is 17.0 Å². The Kier molecular flexibility index (Phi) is 3.59. The fraction of sp³-hybridized carbons (Fsp3) is 0.333. The molecular formula is C15H15ClN2O3. The van der Waals surface area contributed by atoms with Gasteiger partial charge in [0.2, 0.25) is 0 Å². The lowest BCUT2D eigenvalue weighted by Gasteiger charge is -2.09. The highest BCUT2D eigenvalue weighted by atomic mass is 35.5. The third-order valence-corrected chi connectivity index (χ3v) is 3.67. The summed E-state index contributed by atoms with van der Waals surface area (Å²) in [7, 11) is 1.70. The minimum absolute atomic E-state index is 0.00734. The van der Waals surface area contributed by atoms with E-state index in [1.165, 1.54) is 23.6 Å². The monoisotopic (exact) mass is 306 g/mol. The van der Waals surface area contributed by atoms with Gasteiger partial charge in [0, 0.05) is 17.6 Å². The van der Waals surface area contributed by atoms with Crippen molar-refractivity contribution in [2.24, 2.45) is 13.0 Å². The van der Waals surface area contributed by atoms with Crippen LogP contribution in [0, 0.1) is 5.92 Å². The number of nitrogens with zero attached hydrogens (tertiary/aromatic N) is 2. The Bertz CT molecular complexity index is 692. The molecule has 0 atom stereocenters. The number of hydrogen-bond donors (Lipinski definition) is 1. The van der Waals surface area contributed by atoms with E-state index in [-0.39, 0.29) is 5.69 Å². The Morgan fingerprint density at radius 3 is 2.81 bits per heavy atom. The van der Waals surface area contributed by atoms with Gasteiger partial charge in [-0.25, -0.2) is 4.79 Å². The topological polar surface area (TPSA) is 64.4 Å². The molecule has 1 N–H and O–H groups in total. The molecule has 3 rings (SSSR count). The minimum atomic E-state index is -1.05. The summed E-state index contributed by atoms with van der Waals surface area (Å²) in [6.07, 6.45) is 2.44. The molecule has 1 aromatic carbocycles. The van der Waals surface area contributed by atoms with E-state index in [1.807, 2.05) is 6.07 Å². The zero-order valence-electron chi connectivity index (χ0n) is 11.5. The summed E-state index contributed by atoms with van der Waals surface area (Å²) in [5.74, 6) is 0.300. The molecule has 0 spiro atoms. The Labute approximate surface area is 127 Å². The second-order valence-corrected chi connectivity index (χ2v) is 5.71. The molecule has 1 aromatic heterocycles. The van der Waals surface area contributed by atoms with E-state index in [9.17, 15) is 4.79 Å². The molecule has 21 heavy (non-hydrogen) atoms. The summed E-state index contributed by atoms with van der Waals surface area (Å²) in [5, 5.41) is 13.5. The van der Waals surface area contributed by atoms with Crippen LogP contribution in [0.15, 0.2) is 24.3 Å². The Hall–Kier alpha value is -2.01. The molecule has 1 saturated carbocycles. The fourth-order valence-electron chi connectivity index (χ4n) is 2.13. The smallest absolute Gasteiger partial charge is 0.356 e. The van der Waals surface area contributed by atoms with Crippen molar-refractivity contribution in [3.63, 3.8) is 0 Å². The molecule has 1 heterocycles. The lowest BCUT2D eigenvalue weighted by Crippen LogP contribution is -2.00. The van der Waals surface area contributed by atoms with Crippen LogP contribution < -0.4 is 4.74 Å². The highest BCUT2D eigenvalue weighted by Crippen LogP contribution is 2.32. The standard InChI is InChI=1S/C15H15ClN2O3/c1-18-14(7-13(17-18)15(19)20)10-4-11(16)6-12(5-10)21-8-9-2-3-9/h4-7,9H,2-3,8H2,1H3,(H,19,20). The number of benzene rings is 1. The van der Waals surface area contributed by atoms with Crippen molar-refractivity contribution >= 4 is 17.6 Å². The van der Waals surface area contributed by atoms with Gasteiger partial charge in [0.1, 0.15) is 5.75 Å². The molecule has 0 unspecified atom stereocenters.